The van der Waals surface area contributed by atoms with Crippen molar-refractivity contribution in [2.45, 2.75) is 121 Å². The van der Waals surface area contributed by atoms with Gasteiger partial charge >= 0.3 is 6.18 Å². The summed E-state index contributed by atoms with van der Waals surface area (Å²) in [6.07, 6.45) is 13.5. The summed E-state index contributed by atoms with van der Waals surface area (Å²) < 4.78 is 66.4. The lowest BCUT2D eigenvalue weighted by atomic mass is 9.76. The van der Waals surface area contributed by atoms with E-state index in [0.29, 0.717) is 44.8 Å². The van der Waals surface area contributed by atoms with Crippen molar-refractivity contribution in [1.82, 2.24) is 0 Å². The summed E-state index contributed by atoms with van der Waals surface area (Å²) in [6.45, 7) is 10.7. The van der Waals surface area contributed by atoms with Gasteiger partial charge in [0.2, 0.25) is 0 Å². The number of amides is 1. The van der Waals surface area contributed by atoms with Crippen LogP contribution < -0.4 is 15.0 Å². The van der Waals surface area contributed by atoms with Crippen molar-refractivity contribution in [1.29, 1.82) is 0 Å². The van der Waals surface area contributed by atoms with Crippen LogP contribution in [-0.4, -0.2) is 19.0 Å². The van der Waals surface area contributed by atoms with Crippen molar-refractivity contribution < 1.29 is 27.1 Å². The van der Waals surface area contributed by atoms with Crippen molar-refractivity contribution >= 4 is 34.1 Å². The number of unbranched alkanes of at least 4 members (excludes halogenated alkanes) is 2. The van der Waals surface area contributed by atoms with Crippen LogP contribution in [0.25, 0.3) is 50.2 Å². The Balaban J connectivity index is 0.828. The molecular formula is C71H68F4N2O2. The SMILES string of the molecule is CCCCC[C@H]1CC[C@H](c2ccc(-c3ccc(C(=O)Nc4ccc(-c5cc6c(cc5C)C(C)(C)c5c7c(c8cc(C(F)(F)F)ccc8c5-6)OC(c5ccc(F)cc5)(c5ccc(N6CCCCC6)cc5)C=C7)cc4)cc3)cc2)CC1. The summed E-state index contributed by atoms with van der Waals surface area (Å²) in [7, 11) is 0. The number of carbonyl (C=O) groups is 1. The molecule has 1 unspecified atom stereocenters. The van der Waals surface area contributed by atoms with Gasteiger partial charge in [0.25, 0.3) is 5.91 Å². The van der Waals surface area contributed by atoms with E-state index in [1.807, 2.05) is 72.8 Å². The normalized spacial score (nSPS) is 19.4. The number of alkyl halides is 3. The van der Waals surface area contributed by atoms with Crippen molar-refractivity contribution in [3.05, 3.63) is 214 Å². The first kappa shape index (κ1) is 52.3. The average molecular weight is 1060 g/mol. The Morgan fingerprint density at radius 3 is 2.00 bits per heavy atom. The third-order valence-electron chi connectivity index (χ3n) is 18.0. The molecule has 0 spiro atoms. The van der Waals surface area contributed by atoms with Crippen LogP contribution in [0.1, 0.15) is 152 Å². The van der Waals surface area contributed by atoms with Gasteiger partial charge in [-0.2, -0.15) is 13.2 Å². The molecule has 8 heteroatoms. The number of benzene rings is 8. The molecule has 8 aromatic carbocycles. The Kier molecular flexibility index (Phi) is 13.9. The molecule has 1 saturated carbocycles. The van der Waals surface area contributed by atoms with Gasteiger partial charge in [-0.15, -0.1) is 0 Å². The van der Waals surface area contributed by atoms with Crippen LogP contribution in [-0.2, 0) is 17.2 Å². The van der Waals surface area contributed by atoms with E-state index in [0.717, 1.165) is 93.2 Å². The molecule has 2 aliphatic heterocycles. The molecule has 79 heavy (non-hydrogen) atoms. The molecule has 0 bridgehead atoms. The van der Waals surface area contributed by atoms with Gasteiger partial charge in [-0.3, -0.25) is 4.79 Å². The van der Waals surface area contributed by atoms with Crippen LogP contribution in [0.5, 0.6) is 5.75 Å². The monoisotopic (exact) mass is 1060 g/mol. The summed E-state index contributed by atoms with van der Waals surface area (Å²) in [6, 6.07) is 47.4. The second-order valence-electron chi connectivity index (χ2n) is 23.3. The summed E-state index contributed by atoms with van der Waals surface area (Å²) in [5, 5.41) is 4.09. The number of halogens is 4. The minimum Gasteiger partial charge on any atom is -0.472 e. The van der Waals surface area contributed by atoms with Gasteiger partial charge in [-0.05, 0) is 198 Å². The predicted molar refractivity (Wildman–Crippen MR) is 315 cm³/mol. The average Bonchev–Trinajstić information content (AvgIpc) is 3.69. The second kappa shape index (κ2) is 21.0. The summed E-state index contributed by atoms with van der Waals surface area (Å²) >= 11 is 0. The fraction of sp³-hybridized carbons (Fsp3) is 0.310. The second-order valence-corrected chi connectivity index (χ2v) is 23.3. The highest BCUT2D eigenvalue weighted by molar-refractivity contribution is 6.09. The number of fused-ring (bicyclic) bond motifs is 8. The third-order valence-corrected chi connectivity index (χ3v) is 18.0. The Morgan fingerprint density at radius 2 is 1.34 bits per heavy atom. The molecule has 1 atom stereocenters. The molecular weight excluding hydrogens is 989 g/mol. The molecule has 12 rings (SSSR count). The number of rotatable bonds is 12. The zero-order valence-corrected chi connectivity index (χ0v) is 45.7. The number of nitrogens with zero attached hydrogens (tertiary/aromatic N) is 1. The minimum absolute atomic E-state index is 0.199. The van der Waals surface area contributed by atoms with Gasteiger partial charge in [-0.1, -0.05) is 137 Å². The summed E-state index contributed by atoms with van der Waals surface area (Å²) in [5.74, 6) is 1.28. The Morgan fingerprint density at radius 1 is 0.696 bits per heavy atom. The highest BCUT2D eigenvalue weighted by Crippen LogP contribution is 2.59. The number of hydrogen-bond donors (Lipinski definition) is 1. The number of nitrogens with one attached hydrogen (secondary N) is 1. The first-order chi connectivity index (χ1) is 38.2. The maximum Gasteiger partial charge on any atom is 0.416 e. The number of piperidine rings is 1. The van der Waals surface area contributed by atoms with Crippen molar-refractivity contribution in [2.24, 2.45) is 5.92 Å². The zero-order chi connectivity index (χ0) is 54.6. The van der Waals surface area contributed by atoms with Crippen LogP contribution >= 0.6 is 0 Å². The molecule has 402 valence electrons. The topological polar surface area (TPSA) is 41.6 Å². The highest BCUT2D eigenvalue weighted by Gasteiger charge is 2.45. The lowest BCUT2D eigenvalue weighted by molar-refractivity contribution is -0.137. The summed E-state index contributed by atoms with van der Waals surface area (Å²) in [4.78, 5) is 16.0. The first-order valence-corrected chi connectivity index (χ1v) is 28.7. The Hall–Kier alpha value is -7.45. The van der Waals surface area contributed by atoms with Crippen LogP contribution in [0.2, 0.25) is 0 Å². The number of anilines is 2. The molecule has 0 aromatic heterocycles. The smallest absolute Gasteiger partial charge is 0.416 e. The van der Waals surface area contributed by atoms with Crippen molar-refractivity contribution in [3.8, 4) is 39.1 Å². The van der Waals surface area contributed by atoms with Crippen LogP contribution in [0.4, 0.5) is 28.9 Å². The van der Waals surface area contributed by atoms with E-state index in [-0.39, 0.29) is 5.91 Å². The van der Waals surface area contributed by atoms with Gasteiger partial charge < -0.3 is 15.0 Å². The first-order valence-electron chi connectivity index (χ1n) is 28.7. The zero-order valence-electron chi connectivity index (χ0n) is 45.7. The van der Waals surface area contributed by atoms with E-state index in [4.69, 9.17) is 4.74 Å². The summed E-state index contributed by atoms with van der Waals surface area (Å²) in [5.41, 5.74) is 12.3. The van der Waals surface area contributed by atoms with E-state index in [1.165, 1.54) is 87.6 Å². The quantitative estimate of drug-likeness (QED) is 0.0979. The van der Waals surface area contributed by atoms with Crippen LogP contribution in [0.15, 0.2) is 158 Å². The molecule has 2 heterocycles. The number of aryl methyl sites for hydroxylation is 1. The van der Waals surface area contributed by atoms with E-state index >= 15 is 0 Å². The maximum atomic E-state index is 14.8. The van der Waals surface area contributed by atoms with E-state index in [1.54, 1.807) is 18.2 Å². The van der Waals surface area contributed by atoms with Gasteiger partial charge in [-0.25, -0.2) is 4.39 Å². The molecule has 2 aliphatic carbocycles. The number of hydrogen-bond acceptors (Lipinski definition) is 3. The molecule has 4 aliphatic rings. The molecule has 1 N–H and O–H groups in total. The van der Waals surface area contributed by atoms with E-state index < -0.39 is 28.6 Å². The third kappa shape index (κ3) is 9.84. The van der Waals surface area contributed by atoms with Crippen LogP contribution in [0.3, 0.4) is 0 Å². The molecule has 4 nitrogen and oxygen atoms in total. The molecule has 0 radical (unpaired) electrons. The lowest BCUT2D eigenvalue weighted by Gasteiger charge is -2.39. The largest absolute Gasteiger partial charge is 0.472 e. The van der Waals surface area contributed by atoms with Crippen molar-refractivity contribution in [3.63, 3.8) is 0 Å². The molecule has 2 fully saturated rings. The predicted octanol–water partition coefficient (Wildman–Crippen LogP) is 19.4. The lowest BCUT2D eigenvalue weighted by Crippen LogP contribution is -2.35. The van der Waals surface area contributed by atoms with E-state index in [2.05, 4.69) is 86.4 Å². The number of ether oxygens (including phenoxy) is 1. The standard InChI is InChI=1S/C71H68F4N2O2/c1-5-6-8-11-46-12-14-47(15-13-46)48-16-18-49(19-17-48)50-20-22-52(23-21-50)68(78)76-57-33-24-51(25-34-57)61-44-63-64(42-45(61)2)69(3,4)66-60-38-39-70(53-26-31-56(72)32-27-53,54-28-35-58(36-29-54)77-40-9-7-10-41-77)79-67(60)62-43-55(71(73,74)75)30-37-59(62)65(63)66/h16-39,42-44,46-47H,5-15,40-41H2,1-4H3,(H,76,78)/t46-,47-,70?. The minimum atomic E-state index is -4.61. The highest BCUT2D eigenvalue weighted by atomic mass is 19.4. The Labute approximate surface area is 462 Å². The van der Waals surface area contributed by atoms with E-state index in [9.17, 15) is 22.4 Å². The van der Waals surface area contributed by atoms with Gasteiger partial charge in [0, 0.05) is 57.5 Å². The number of carbonyl (C=O) groups excluding carboxylic acids is 1. The molecule has 1 saturated heterocycles. The molecule has 1 amide bonds. The van der Waals surface area contributed by atoms with Crippen LogP contribution in [0, 0.1) is 18.7 Å². The van der Waals surface area contributed by atoms with Crippen molar-refractivity contribution in [2.75, 3.05) is 23.3 Å². The van der Waals surface area contributed by atoms with Gasteiger partial charge in [0.05, 0.1) is 5.56 Å². The maximum absolute atomic E-state index is 14.8. The Bertz CT molecular complexity index is 3590. The fourth-order valence-electron chi connectivity index (χ4n) is 13.5. The van der Waals surface area contributed by atoms with Gasteiger partial charge in [0.15, 0.2) is 5.60 Å². The van der Waals surface area contributed by atoms with Gasteiger partial charge in [0.1, 0.15) is 11.6 Å². The molecule has 8 aromatic rings. The fourth-order valence-corrected chi connectivity index (χ4v) is 13.5.